The molecule has 5 heteroatoms. The second-order valence-corrected chi connectivity index (χ2v) is 5.31. The van der Waals surface area contributed by atoms with E-state index in [1.54, 1.807) is 25.9 Å². The second kappa shape index (κ2) is 4.05. The Balaban J connectivity index is 2.95. The fourth-order valence-corrected chi connectivity index (χ4v) is 1.91. The SMILES string of the molecule is COCC(C)(C)N1CC(=O)NC(C)(C)C1=O. The van der Waals surface area contributed by atoms with Gasteiger partial charge in [0, 0.05) is 7.11 Å². The van der Waals surface area contributed by atoms with Crippen molar-refractivity contribution in [2.45, 2.75) is 38.8 Å². The van der Waals surface area contributed by atoms with Gasteiger partial charge >= 0.3 is 0 Å². The number of ether oxygens (including phenoxy) is 1. The molecule has 0 aliphatic carbocycles. The molecular formula is C11H20N2O3. The zero-order chi connectivity index (χ0) is 12.6. The Bertz CT molecular complexity index is 310. The first kappa shape index (κ1) is 13.0. The number of methoxy groups -OCH3 is 1. The number of rotatable bonds is 3. The zero-order valence-corrected chi connectivity index (χ0v) is 10.6. The topological polar surface area (TPSA) is 58.6 Å². The van der Waals surface area contributed by atoms with Gasteiger partial charge in [-0.05, 0) is 27.7 Å². The molecule has 1 fully saturated rings. The van der Waals surface area contributed by atoms with E-state index >= 15 is 0 Å². The van der Waals surface area contributed by atoms with Gasteiger partial charge in [0.25, 0.3) is 0 Å². The van der Waals surface area contributed by atoms with E-state index in [1.165, 1.54) is 0 Å². The highest BCUT2D eigenvalue weighted by Crippen LogP contribution is 2.22. The molecule has 0 aromatic carbocycles. The van der Waals surface area contributed by atoms with Crippen LogP contribution in [0, 0.1) is 0 Å². The van der Waals surface area contributed by atoms with Gasteiger partial charge in [0.2, 0.25) is 11.8 Å². The van der Waals surface area contributed by atoms with Crippen molar-refractivity contribution < 1.29 is 14.3 Å². The summed E-state index contributed by atoms with van der Waals surface area (Å²) in [6.07, 6.45) is 0. The molecule has 1 N–H and O–H groups in total. The van der Waals surface area contributed by atoms with Gasteiger partial charge in [-0.2, -0.15) is 0 Å². The molecule has 1 rings (SSSR count). The van der Waals surface area contributed by atoms with E-state index in [4.69, 9.17) is 4.74 Å². The van der Waals surface area contributed by atoms with Crippen molar-refractivity contribution in [1.29, 1.82) is 0 Å². The van der Waals surface area contributed by atoms with E-state index in [-0.39, 0.29) is 18.4 Å². The molecule has 1 heterocycles. The molecule has 1 aliphatic heterocycles. The Morgan fingerprint density at radius 2 is 2.00 bits per heavy atom. The summed E-state index contributed by atoms with van der Waals surface area (Å²) in [6, 6.07) is 0. The highest BCUT2D eigenvalue weighted by Gasteiger charge is 2.44. The predicted octanol–water partition coefficient (Wildman–Crippen LogP) is 0.148. The maximum Gasteiger partial charge on any atom is 0.248 e. The number of carbonyl (C=O) groups is 2. The van der Waals surface area contributed by atoms with Gasteiger partial charge in [0.1, 0.15) is 12.1 Å². The number of nitrogens with zero attached hydrogens (tertiary/aromatic N) is 1. The van der Waals surface area contributed by atoms with Crippen LogP contribution in [-0.4, -0.2) is 48.1 Å². The lowest BCUT2D eigenvalue weighted by Gasteiger charge is -2.45. The lowest BCUT2D eigenvalue weighted by Crippen LogP contribution is -2.68. The van der Waals surface area contributed by atoms with Gasteiger partial charge in [-0.3, -0.25) is 9.59 Å². The van der Waals surface area contributed by atoms with Crippen LogP contribution in [0.1, 0.15) is 27.7 Å². The summed E-state index contributed by atoms with van der Waals surface area (Å²) in [5.74, 6) is -0.206. The number of carbonyl (C=O) groups excluding carboxylic acids is 2. The smallest absolute Gasteiger partial charge is 0.248 e. The van der Waals surface area contributed by atoms with Gasteiger partial charge in [0.05, 0.1) is 12.1 Å². The Morgan fingerprint density at radius 3 is 2.50 bits per heavy atom. The number of hydrogen-bond donors (Lipinski definition) is 1. The average Bonchev–Trinajstić information content (AvgIpc) is 2.10. The summed E-state index contributed by atoms with van der Waals surface area (Å²) >= 11 is 0. The molecule has 0 unspecified atom stereocenters. The van der Waals surface area contributed by atoms with Crippen molar-refractivity contribution >= 4 is 11.8 Å². The fourth-order valence-electron chi connectivity index (χ4n) is 1.91. The Morgan fingerprint density at radius 1 is 1.44 bits per heavy atom. The van der Waals surface area contributed by atoms with Crippen LogP contribution in [0.15, 0.2) is 0 Å². The molecule has 0 aromatic rings. The Labute approximate surface area is 96.1 Å². The summed E-state index contributed by atoms with van der Waals surface area (Å²) in [6.45, 7) is 7.71. The van der Waals surface area contributed by atoms with Crippen LogP contribution in [0.4, 0.5) is 0 Å². The summed E-state index contributed by atoms with van der Waals surface area (Å²) in [5, 5.41) is 2.68. The number of amides is 2. The third-order valence-electron chi connectivity index (χ3n) is 2.76. The number of nitrogens with one attached hydrogen (secondary N) is 1. The third kappa shape index (κ3) is 2.35. The molecule has 0 radical (unpaired) electrons. The van der Waals surface area contributed by atoms with E-state index < -0.39 is 11.1 Å². The lowest BCUT2D eigenvalue weighted by molar-refractivity contribution is -0.155. The predicted molar refractivity (Wildman–Crippen MR) is 59.9 cm³/mol. The molecule has 1 saturated heterocycles. The normalized spacial score (nSPS) is 20.9. The molecule has 0 aromatic heterocycles. The minimum atomic E-state index is -0.833. The summed E-state index contributed by atoms with van der Waals surface area (Å²) in [7, 11) is 1.58. The monoisotopic (exact) mass is 228 g/mol. The van der Waals surface area contributed by atoms with Crippen molar-refractivity contribution in [3.05, 3.63) is 0 Å². The first-order chi connectivity index (χ1) is 7.20. The van der Waals surface area contributed by atoms with Crippen LogP contribution in [0.3, 0.4) is 0 Å². The molecule has 1 aliphatic rings. The van der Waals surface area contributed by atoms with Gasteiger partial charge in [-0.15, -0.1) is 0 Å². The zero-order valence-electron chi connectivity index (χ0n) is 10.6. The first-order valence-corrected chi connectivity index (χ1v) is 5.33. The van der Waals surface area contributed by atoms with E-state index in [1.807, 2.05) is 13.8 Å². The standard InChI is InChI=1S/C11H20N2O3/c1-10(2,7-16-5)13-6-8(14)12-11(3,4)9(13)15/h6-7H2,1-5H3,(H,12,14). The maximum atomic E-state index is 12.2. The van der Waals surface area contributed by atoms with Gasteiger partial charge < -0.3 is 15.0 Å². The number of piperazine rings is 1. The molecule has 0 spiro atoms. The minimum absolute atomic E-state index is 0.0749. The Kier molecular flexibility index (Phi) is 3.28. The molecule has 5 nitrogen and oxygen atoms in total. The first-order valence-electron chi connectivity index (χ1n) is 5.33. The summed E-state index contributed by atoms with van der Waals surface area (Å²) in [5.41, 5.74) is -1.30. The van der Waals surface area contributed by atoms with Crippen molar-refractivity contribution in [2.75, 3.05) is 20.3 Å². The van der Waals surface area contributed by atoms with Gasteiger partial charge in [0.15, 0.2) is 0 Å². The highest BCUT2D eigenvalue weighted by molar-refractivity contribution is 5.97. The van der Waals surface area contributed by atoms with Crippen molar-refractivity contribution in [2.24, 2.45) is 0 Å². The molecule has 0 saturated carbocycles. The third-order valence-corrected chi connectivity index (χ3v) is 2.76. The molecule has 0 bridgehead atoms. The molecule has 16 heavy (non-hydrogen) atoms. The van der Waals surface area contributed by atoms with Gasteiger partial charge in [-0.25, -0.2) is 0 Å². The lowest BCUT2D eigenvalue weighted by atomic mass is 9.94. The van der Waals surface area contributed by atoms with Crippen molar-refractivity contribution in [3.8, 4) is 0 Å². The van der Waals surface area contributed by atoms with Crippen LogP contribution in [-0.2, 0) is 14.3 Å². The van der Waals surface area contributed by atoms with Crippen molar-refractivity contribution in [3.63, 3.8) is 0 Å². The quantitative estimate of drug-likeness (QED) is 0.748. The maximum absolute atomic E-state index is 12.2. The van der Waals surface area contributed by atoms with Crippen LogP contribution in [0.2, 0.25) is 0 Å². The minimum Gasteiger partial charge on any atom is -0.382 e. The van der Waals surface area contributed by atoms with Crippen LogP contribution in [0.5, 0.6) is 0 Å². The molecule has 0 atom stereocenters. The summed E-state index contributed by atoms with van der Waals surface area (Å²) < 4.78 is 5.09. The van der Waals surface area contributed by atoms with E-state index in [9.17, 15) is 9.59 Å². The number of hydrogen-bond acceptors (Lipinski definition) is 3. The van der Waals surface area contributed by atoms with Crippen molar-refractivity contribution in [1.82, 2.24) is 10.2 Å². The van der Waals surface area contributed by atoms with Crippen LogP contribution < -0.4 is 5.32 Å². The highest BCUT2D eigenvalue weighted by atomic mass is 16.5. The van der Waals surface area contributed by atoms with E-state index in [0.29, 0.717) is 6.61 Å². The van der Waals surface area contributed by atoms with Gasteiger partial charge in [-0.1, -0.05) is 0 Å². The van der Waals surface area contributed by atoms with E-state index in [2.05, 4.69) is 5.32 Å². The second-order valence-electron chi connectivity index (χ2n) is 5.31. The molecular weight excluding hydrogens is 208 g/mol. The summed E-state index contributed by atoms with van der Waals surface area (Å²) in [4.78, 5) is 25.3. The molecule has 92 valence electrons. The Hall–Kier alpha value is -1.10. The van der Waals surface area contributed by atoms with E-state index in [0.717, 1.165) is 0 Å². The van der Waals surface area contributed by atoms with Crippen LogP contribution >= 0.6 is 0 Å². The molecule has 2 amide bonds. The largest absolute Gasteiger partial charge is 0.382 e. The van der Waals surface area contributed by atoms with Crippen LogP contribution in [0.25, 0.3) is 0 Å². The fraction of sp³-hybridized carbons (Fsp3) is 0.818. The average molecular weight is 228 g/mol.